The number of nitrogens with zero attached hydrogens (tertiary/aromatic N) is 2. The molecule has 1 aromatic heterocycles. The molecular formula is C14H16ClF3N4O4S. The first-order valence-electron chi connectivity index (χ1n) is 7.55. The van der Waals surface area contributed by atoms with E-state index in [2.05, 4.69) is 19.6 Å². The molecule has 0 unspecified atom stereocenters. The SMILES string of the molecule is Cl.NC1(c2noc(CNS(=O)(=O)c3ccc(OC(F)(F)F)cc3)n2)CCC1. The van der Waals surface area contributed by atoms with Crippen molar-refractivity contribution >= 4 is 22.4 Å². The monoisotopic (exact) mass is 428 g/mol. The van der Waals surface area contributed by atoms with E-state index in [0.29, 0.717) is 5.82 Å². The van der Waals surface area contributed by atoms with Gasteiger partial charge in [0.2, 0.25) is 15.9 Å². The molecule has 27 heavy (non-hydrogen) atoms. The highest BCUT2D eigenvalue weighted by atomic mass is 35.5. The number of halogens is 4. The van der Waals surface area contributed by atoms with Crippen molar-refractivity contribution in [3.63, 3.8) is 0 Å². The third kappa shape index (κ3) is 5.09. The van der Waals surface area contributed by atoms with Crippen LogP contribution in [0.25, 0.3) is 0 Å². The zero-order chi connectivity index (χ0) is 19.0. The lowest BCUT2D eigenvalue weighted by molar-refractivity contribution is -0.274. The molecular weight excluding hydrogens is 413 g/mol. The maximum Gasteiger partial charge on any atom is 0.573 e. The van der Waals surface area contributed by atoms with Crippen molar-refractivity contribution in [1.29, 1.82) is 0 Å². The Morgan fingerprint density at radius 3 is 2.41 bits per heavy atom. The summed E-state index contributed by atoms with van der Waals surface area (Å²) in [7, 11) is -3.98. The van der Waals surface area contributed by atoms with Gasteiger partial charge in [0.05, 0.1) is 17.0 Å². The number of alkyl halides is 3. The second kappa shape index (κ2) is 7.62. The second-order valence-corrected chi connectivity index (χ2v) is 7.63. The van der Waals surface area contributed by atoms with Gasteiger partial charge in [0.25, 0.3) is 0 Å². The van der Waals surface area contributed by atoms with Gasteiger partial charge in [-0.2, -0.15) is 4.98 Å². The fraction of sp³-hybridized carbons (Fsp3) is 0.429. The third-order valence-corrected chi connectivity index (χ3v) is 5.36. The number of hydrogen-bond acceptors (Lipinski definition) is 7. The number of benzene rings is 1. The molecule has 1 aromatic carbocycles. The molecule has 3 rings (SSSR count). The molecule has 1 saturated carbocycles. The summed E-state index contributed by atoms with van der Waals surface area (Å²) in [4.78, 5) is 3.85. The number of nitrogens with two attached hydrogens (primary N) is 1. The minimum atomic E-state index is -4.85. The molecule has 1 aliphatic rings. The molecule has 0 amide bonds. The minimum Gasteiger partial charge on any atom is -0.406 e. The number of aromatic nitrogens is 2. The van der Waals surface area contributed by atoms with Crippen molar-refractivity contribution in [1.82, 2.24) is 14.9 Å². The summed E-state index contributed by atoms with van der Waals surface area (Å²) in [6.45, 7) is -0.272. The van der Waals surface area contributed by atoms with Gasteiger partial charge in [-0.05, 0) is 43.5 Å². The smallest absolute Gasteiger partial charge is 0.406 e. The molecule has 0 bridgehead atoms. The second-order valence-electron chi connectivity index (χ2n) is 5.87. The lowest BCUT2D eigenvalue weighted by Crippen LogP contribution is -2.44. The molecule has 8 nitrogen and oxygen atoms in total. The normalized spacial score (nSPS) is 16.3. The van der Waals surface area contributed by atoms with Crippen LogP contribution < -0.4 is 15.2 Å². The molecule has 1 fully saturated rings. The van der Waals surface area contributed by atoms with Crippen LogP contribution in [0, 0.1) is 0 Å². The van der Waals surface area contributed by atoms with Gasteiger partial charge in [0, 0.05) is 0 Å². The van der Waals surface area contributed by atoms with E-state index in [0.717, 1.165) is 43.5 Å². The summed E-state index contributed by atoms with van der Waals surface area (Å²) >= 11 is 0. The van der Waals surface area contributed by atoms with Crippen LogP contribution in [0.1, 0.15) is 31.0 Å². The molecule has 0 spiro atoms. The summed E-state index contributed by atoms with van der Waals surface area (Å²) < 4.78 is 71.6. The van der Waals surface area contributed by atoms with Gasteiger partial charge in [-0.15, -0.1) is 25.6 Å². The predicted molar refractivity (Wildman–Crippen MR) is 88.4 cm³/mol. The molecule has 13 heteroatoms. The quantitative estimate of drug-likeness (QED) is 0.723. The highest BCUT2D eigenvalue weighted by Crippen LogP contribution is 2.36. The number of hydrogen-bond donors (Lipinski definition) is 2. The van der Waals surface area contributed by atoms with E-state index in [-0.39, 0.29) is 29.7 Å². The van der Waals surface area contributed by atoms with Gasteiger partial charge in [-0.3, -0.25) is 0 Å². The van der Waals surface area contributed by atoms with Crippen LogP contribution in [0.2, 0.25) is 0 Å². The first-order valence-corrected chi connectivity index (χ1v) is 9.03. The first-order chi connectivity index (χ1) is 12.1. The lowest BCUT2D eigenvalue weighted by atomic mass is 9.77. The maximum atomic E-state index is 12.2. The first kappa shape index (κ1) is 21.4. The fourth-order valence-corrected chi connectivity index (χ4v) is 3.35. The largest absolute Gasteiger partial charge is 0.573 e. The Labute approximate surface area is 158 Å². The van der Waals surface area contributed by atoms with Crippen molar-refractivity contribution in [2.75, 3.05) is 0 Å². The topological polar surface area (TPSA) is 120 Å². The molecule has 2 aromatic rings. The number of sulfonamides is 1. The highest BCUT2D eigenvalue weighted by molar-refractivity contribution is 7.89. The van der Waals surface area contributed by atoms with Crippen LogP contribution >= 0.6 is 12.4 Å². The Hall–Kier alpha value is -1.89. The molecule has 1 heterocycles. The summed E-state index contributed by atoms with van der Waals surface area (Å²) in [5.41, 5.74) is 5.42. The van der Waals surface area contributed by atoms with Crippen LogP contribution in [0.4, 0.5) is 13.2 Å². The van der Waals surface area contributed by atoms with Gasteiger partial charge < -0.3 is 15.0 Å². The van der Waals surface area contributed by atoms with Crippen LogP contribution in [-0.4, -0.2) is 24.9 Å². The molecule has 0 atom stereocenters. The average Bonchev–Trinajstić information content (AvgIpc) is 2.99. The highest BCUT2D eigenvalue weighted by Gasteiger charge is 2.39. The number of ether oxygens (including phenoxy) is 1. The van der Waals surface area contributed by atoms with E-state index in [4.69, 9.17) is 10.3 Å². The molecule has 3 N–H and O–H groups in total. The minimum absolute atomic E-state index is 0. The van der Waals surface area contributed by atoms with Gasteiger partial charge in [0.15, 0.2) is 5.82 Å². The number of rotatable bonds is 6. The van der Waals surface area contributed by atoms with Gasteiger partial charge >= 0.3 is 6.36 Å². The molecule has 1 aliphatic carbocycles. The molecule has 150 valence electrons. The Morgan fingerprint density at radius 2 is 1.89 bits per heavy atom. The Bertz CT molecular complexity index is 883. The maximum absolute atomic E-state index is 12.2. The molecule has 0 saturated heterocycles. The van der Waals surface area contributed by atoms with Gasteiger partial charge in [0.1, 0.15) is 5.75 Å². The zero-order valence-electron chi connectivity index (χ0n) is 13.7. The zero-order valence-corrected chi connectivity index (χ0v) is 15.3. The van der Waals surface area contributed by atoms with Crippen LogP contribution in [0.5, 0.6) is 5.75 Å². The molecule has 0 aliphatic heterocycles. The summed E-state index contributed by atoms with van der Waals surface area (Å²) in [6.07, 6.45) is -2.44. The van der Waals surface area contributed by atoms with Gasteiger partial charge in [-0.25, -0.2) is 13.1 Å². The lowest BCUT2D eigenvalue weighted by Gasteiger charge is -2.34. The molecule has 0 radical (unpaired) electrons. The van der Waals surface area contributed by atoms with E-state index in [1.54, 1.807) is 0 Å². The fourth-order valence-electron chi connectivity index (χ4n) is 2.37. The number of nitrogens with one attached hydrogen (secondary N) is 1. The summed E-state index contributed by atoms with van der Waals surface area (Å²) in [5, 5.41) is 3.76. The summed E-state index contributed by atoms with van der Waals surface area (Å²) in [6, 6.07) is 3.79. The van der Waals surface area contributed by atoms with Crippen molar-refractivity contribution in [2.24, 2.45) is 5.73 Å². The Morgan fingerprint density at radius 1 is 1.26 bits per heavy atom. The van der Waals surface area contributed by atoms with Crippen molar-refractivity contribution in [3.8, 4) is 5.75 Å². The average molecular weight is 429 g/mol. The van der Waals surface area contributed by atoms with Crippen LogP contribution in [0.3, 0.4) is 0 Å². The summed E-state index contributed by atoms with van der Waals surface area (Å²) in [5.74, 6) is -0.157. The van der Waals surface area contributed by atoms with Gasteiger partial charge in [-0.1, -0.05) is 5.16 Å². The van der Waals surface area contributed by atoms with E-state index in [1.165, 1.54) is 0 Å². The van der Waals surface area contributed by atoms with E-state index < -0.39 is 27.7 Å². The predicted octanol–water partition coefficient (Wildman–Crippen LogP) is 2.21. The third-order valence-electron chi connectivity index (χ3n) is 3.94. The van der Waals surface area contributed by atoms with Crippen LogP contribution in [-0.2, 0) is 22.1 Å². The van der Waals surface area contributed by atoms with Crippen molar-refractivity contribution < 1.29 is 30.8 Å². The van der Waals surface area contributed by atoms with Crippen LogP contribution in [0.15, 0.2) is 33.7 Å². The standard InChI is InChI=1S/C14H15F3N4O4S.ClH/c15-14(16,17)24-9-2-4-10(5-3-9)26(22,23)19-8-11-20-12(21-25-11)13(18)6-1-7-13;/h2-5,19H,1,6-8,18H2;1H. The van der Waals surface area contributed by atoms with E-state index in [9.17, 15) is 21.6 Å². The Balaban J connectivity index is 0.00000261. The van der Waals surface area contributed by atoms with Crippen molar-refractivity contribution in [2.45, 2.75) is 42.6 Å². The van der Waals surface area contributed by atoms with E-state index >= 15 is 0 Å². The van der Waals surface area contributed by atoms with E-state index in [1.807, 2.05) is 0 Å². The van der Waals surface area contributed by atoms with Crippen molar-refractivity contribution in [3.05, 3.63) is 36.0 Å². The Kier molecular flexibility index (Phi) is 6.04.